The van der Waals surface area contributed by atoms with E-state index in [0.717, 1.165) is 63.4 Å². The van der Waals surface area contributed by atoms with Gasteiger partial charge in [-0.1, -0.05) is 86.4 Å². The van der Waals surface area contributed by atoms with Gasteiger partial charge >= 0.3 is 5.97 Å². The summed E-state index contributed by atoms with van der Waals surface area (Å²) in [7, 11) is 0. The highest BCUT2D eigenvalue weighted by atomic mass is 16.5. The zero-order valence-corrected chi connectivity index (χ0v) is 29.2. The molecule has 1 aliphatic carbocycles. The maximum atomic E-state index is 13.8. The first-order chi connectivity index (χ1) is 24.4. The van der Waals surface area contributed by atoms with Crippen LogP contribution in [0.2, 0.25) is 0 Å². The van der Waals surface area contributed by atoms with Gasteiger partial charge in [0, 0.05) is 30.9 Å². The molecular formula is C40H53N3O7. The van der Waals surface area contributed by atoms with Gasteiger partial charge in [-0.25, -0.2) is 4.79 Å². The molecule has 2 aromatic rings. The van der Waals surface area contributed by atoms with Crippen molar-refractivity contribution in [2.24, 2.45) is 5.41 Å². The Balaban J connectivity index is 1.24. The predicted molar refractivity (Wildman–Crippen MR) is 190 cm³/mol. The van der Waals surface area contributed by atoms with Gasteiger partial charge in [-0.05, 0) is 62.6 Å². The maximum Gasteiger partial charge on any atom is 0.329 e. The Labute approximate surface area is 296 Å². The molecule has 0 aromatic heterocycles. The largest absolute Gasteiger partial charge is 0.494 e. The van der Waals surface area contributed by atoms with Gasteiger partial charge < -0.3 is 29.7 Å². The number of hydrogen-bond acceptors (Lipinski definition) is 7. The van der Waals surface area contributed by atoms with Crippen LogP contribution in [-0.4, -0.2) is 73.1 Å². The fourth-order valence-electron chi connectivity index (χ4n) is 7.02. The normalized spacial score (nSPS) is 26.7. The van der Waals surface area contributed by atoms with Crippen LogP contribution in [-0.2, 0) is 35.3 Å². The van der Waals surface area contributed by atoms with Crippen molar-refractivity contribution < 1.29 is 33.4 Å². The molecule has 1 saturated carbocycles. The zero-order chi connectivity index (χ0) is 35.0. The number of para-hydroxylation sites is 1. The molecule has 4 atom stereocenters. The summed E-state index contributed by atoms with van der Waals surface area (Å²) in [6, 6.07) is 16.9. The van der Waals surface area contributed by atoms with Crippen LogP contribution in [0, 0.1) is 5.41 Å². The standard InChI is InChI=1S/C40H53N3O7/c44-36-22-16-8-6-4-2-1-3-5-7-9-17-24-48-30-40-26-34(39(47)50-29-31-18-12-10-13-19-31)43(35(40)27-40)37(45)28-41-38(46)33(42-36)23-25-49-32-20-14-11-15-21-32/h5,7,10-15,18-21,33-35H,1-4,6,8-9,16-17,22-30H2,(H,41,46)(H,42,44)/b7-5+/t33-,34-,35-,40+/m0/s1. The second-order valence-electron chi connectivity index (χ2n) is 13.8. The van der Waals surface area contributed by atoms with Crippen molar-refractivity contribution in [3.63, 3.8) is 0 Å². The average molecular weight is 688 g/mol. The minimum Gasteiger partial charge on any atom is -0.494 e. The number of nitrogens with zero attached hydrogens (tertiary/aromatic N) is 1. The van der Waals surface area contributed by atoms with E-state index in [0.29, 0.717) is 31.8 Å². The van der Waals surface area contributed by atoms with Gasteiger partial charge in [0.2, 0.25) is 17.7 Å². The van der Waals surface area contributed by atoms with Crippen LogP contribution in [0.15, 0.2) is 72.8 Å². The molecule has 2 heterocycles. The predicted octanol–water partition coefficient (Wildman–Crippen LogP) is 5.65. The van der Waals surface area contributed by atoms with Gasteiger partial charge in [0.15, 0.2) is 0 Å². The number of carbonyl (C=O) groups excluding carboxylic acids is 4. The smallest absolute Gasteiger partial charge is 0.329 e. The number of benzene rings is 2. The molecule has 50 heavy (non-hydrogen) atoms. The van der Waals surface area contributed by atoms with E-state index in [4.69, 9.17) is 14.2 Å². The lowest BCUT2D eigenvalue weighted by Gasteiger charge is -2.27. The van der Waals surface area contributed by atoms with Crippen LogP contribution >= 0.6 is 0 Å². The van der Waals surface area contributed by atoms with Gasteiger partial charge in [0.05, 0.1) is 19.8 Å². The number of piperidine rings is 1. The highest BCUT2D eigenvalue weighted by Crippen LogP contribution is 2.59. The van der Waals surface area contributed by atoms with Crippen LogP contribution in [0.25, 0.3) is 0 Å². The molecule has 0 radical (unpaired) electrons. The molecule has 10 nitrogen and oxygen atoms in total. The van der Waals surface area contributed by atoms with Crippen molar-refractivity contribution >= 4 is 23.7 Å². The maximum absolute atomic E-state index is 13.8. The summed E-state index contributed by atoms with van der Waals surface area (Å²) in [4.78, 5) is 55.3. The van der Waals surface area contributed by atoms with E-state index in [9.17, 15) is 19.2 Å². The van der Waals surface area contributed by atoms with Crippen molar-refractivity contribution in [3.8, 4) is 5.75 Å². The lowest BCUT2D eigenvalue weighted by Crippen LogP contribution is -2.52. The van der Waals surface area contributed by atoms with Gasteiger partial charge in [0.25, 0.3) is 0 Å². The third kappa shape index (κ3) is 11.2. The number of ether oxygens (including phenoxy) is 3. The number of hydrogen-bond donors (Lipinski definition) is 2. The third-order valence-corrected chi connectivity index (χ3v) is 9.93. The van der Waals surface area contributed by atoms with Crippen molar-refractivity contribution in [1.82, 2.24) is 15.5 Å². The Morgan fingerprint density at radius 1 is 0.860 bits per heavy atom. The Morgan fingerprint density at radius 2 is 1.56 bits per heavy atom. The second-order valence-corrected chi connectivity index (χ2v) is 13.8. The lowest BCUT2D eigenvalue weighted by molar-refractivity contribution is -0.155. The molecule has 2 aliphatic heterocycles. The number of rotatable bonds is 7. The topological polar surface area (TPSA) is 123 Å². The Hall–Kier alpha value is -4.18. The zero-order valence-electron chi connectivity index (χ0n) is 29.2. The minimum absolute atomic E-state index is 0.114. The number of nitrogens with one attached hydrogen (secondary N) is 2. The first kappa shape index (κ1) is 37.1. The van der Waals surface area contributed by atoms with E-state index in [-0.39, 0.29) is 49.5 Å². The van der Waals surface area contributed by atoms with Gasteiger partial charge in [-0.2, -0.15) is 0 Å². The van der Waals surface area contributed by atoms with Crippen molar-refractivity contribution in [3.05, 3.63) is 78.4 Å². The average Bonchev–Trinajstić information content (AvgIpc) is 3.73. The number of carbonyl (C=O) groups is 4. The lowest BCUT2D eigenvalue weighted by atomic mass is 10.0. The molecule has 3 aliphatic rings. The van der Waals surface area contributed by atoms with Crippen LogP contribution < -0.4 is 15.4 Å². The summed E-state index contributed by atoms with van der Waals surface area (Å²) in [5.74, 6) is -0.806. The molecule has 2 aromatic carbocycles. The summed E-state index contributed by atoms with van der Waals surface area (Å²) in [5, 5.41) is 5.63. The number of amides is 3. The second kappa shape index (κ2) is 19.3. The fraction of sp³-hybridized carbons (Fsp3) is 0.550. The van der Waals surface area contributed by atoms with Gasteiger partial charge in [-0.3, -0.25) is 14.4 Å². The number of allylic oxidation sites excluding steroid dienone is 2. The molecule has 5 rings (SSSR count). The summed E-state index contributed by atoms with van der Waals surface area (Å²) < 4.78 is 17.6. The molecule has 3 amide bonds. The SMILES string of the molecule is O=C1CCCCCCCC/C=C/CCCOC[C@@]23C[C@@H]2N(C(=O)CNC(=O)[C@H](CCOc2ccccc2)N1)[C@H](C(=O)OCc1ccccc1)C3. The summed E-state index contributed by atoms with van der Waals surface area (Å²) in [6.45, 7) is 1.11. The Morgan fingerprint density at radius 3 is 2.34 bits per heavy atom. The van der Waals surface area contributed by atoms with Gasteiger partial charge in [-0.15, -0.1) is 0 Å². The van der Waals surface area contributed by atoms with Crippen LogP contribution in [0.5, 0.6) is 5.75 Å². The van der Waals surface area contributed by atoms with Gasteiger partial charge in [0.1, 0.15) is 24.4 Å². The van der Waals surface area contributed by atoms with Crippen LogP contribution in [0.4, 0.5) is 0 Å². The van der Waals surface area contributed by atoms with Crippen molar-refractivity contribution in [2.45, 2.75) is 108 Å². The summed E-state index contributed by atoms with van der Waals surface area (Å²) in [6.07, 6.45) is 15.4. The van der Waals surface area contributed by atoms with E-state index in [1.54, 1.807) is 4.90 Å². The molecule has 270 valence electrons. The van der Waals surface area contributed by atoms with E-state index in [1.165, 1.54) is 6.42 Å². The Bertz CT molecular complexity index is 1420. The minimum atomic E-state index is -0.875. The van der Waals surface area contributed by atoms with E-state index >= 15 is 0 Å². The van der Waals surface area contributed by atoms with E-state index in [1.807, 2.05) is 60.7 Å². The van der Waals surface area contributed by atoms with Crippen molar-refractivity contribution in [2.75, 3.05) is 26.4 Å². The molecule has 10 heteroatoms. The Kier molecular flexibility index (Phi) is 14.3. The van der Waals surface area contributed by atoms with Crippen LogP contribution in [0.3, 0.4) is 0 Å². The van der Waals surface area contributed by atoms with E-state index in [2.05, 4.69) is 22.8 Å². The monoisotopic (exact) mass is 687 g/mol. The highest BCUT2D eigenvalue weighted by Gasteiger charge is 2.67. The highest BCUT2D eigenvalue weighted by molar-refractivity contribution is 5.92. The molecule has 2 fully saturated rings. The molecule has 2 bridgehead atoms. The summed E-state index contributed by atoms with van der Waals surface area (Å²) in [5.41, 5.74) is 0.562. The molecular weight excluding hydrogens is 634 g/mol. The fourth-order valence-corrected chi connectivity index (χ4v) is 7.02. The quantitative estimate of drug-likeness (QED) is 0.285. The molecule has 2 N–H and O–H groups in total. The number of esters is 1. The van der Waals surface area contributed by atoms with Crippen molar-refractivity contribution in [1.29, 1.82) is 0 Å². The molecule has 0 unspecified atom stereocenters. The molecule has 1 saturated heterocycles. The van der Waals surface area contributed by atoms with E-state index < -0.39 is 24.0 Å². The third-order valence-electron chi connectivity index (χ3n) is 9.93. The van der Waals surface area contributed by atoms with Crippen LogP contribution in [0.1, 0.15) is 89.0 Å². The summed E-state index contributed by atoms with van der Waals surface area (Å²) >= 11 is 0. The first-order valence-electron chi connectivity index (χ1n) is 18.4. The first-order valence-corrected chi connectivity index (χ1v) is 18.4. The molecule has 0 spiro atoms.